The van der Waals surface area contributed by atoms with Crippen molar-refractivity contribution < 1.29 is 23.7 Å². The van der Waals surface area contributed by atoms with Crippen LogP contribution >= 0.6 is 0 Å². The van der Waals surface area contributed by atoms with Crippen LogP contribution in [0, 0.1) is 23.4 Å². The van der Waals surface area contributed by atoms with Crippen molar-refractivity contribution in [1.82, 2.24) is 18.9 Å². The Balaban J connectivity index is 1.29. The zero-order chi connectivity index (χ0) is 28.4. The number of nitrogens with zero attached hydrogens (tertiary/aromatic N) is 4. The van der Waals surface area contributed by atoms with Gasteiger partial charge in [0.2, 0.25) is 5.91 Å². The van der Waals surface area contributed by atoms with E-state index in [1.807, 2.05) is 11.0 Å². The van der Waals surface area contributed by atoms with Gasteiger partial charge < -0.3 is 16.4 Å². The molecule has 0 saturated carbocycles. The molecule has 3 heterocycles. The molecule has 0 aliphatic carbocycles. The van der Waals surface area contributed by atoms with Crippen LogP contribution < -0.4 is 17.2 Å². The molecule has 5 N–H and O–H groups in total. The quantitative estimate of drug-likeness (QED) is 0.457. The van der Waals surface area contributed by atoms with Crippen molar-refractivity contribution in [1.29, 1.82) is 0 Å². The van der Waals surface area contributed by atoms with Gasteiger partial charge in [-0.1, -0.05) is 0 Å². The van der Waals surface area contributed by atoms with E-state index in [9.17, 15) is 22.8 Å². The highest BCUT2D eigenvalue weighted by Gasteiger charge is 2.32. The number of hydrogen-bond donors (Lipinski definition) is 2. The SMILES string of the molecule is NC=CC(=C[NH3+])CN1CCC(C(=O)N2CCC(n3c(=O)n(-c4cc(F)cc(F)c4)c4cc(F)ccc43)CC2)CC1. The summed E-state index contributed by atoms with van der Waals surface area (Å²) in [5.74, 6) is -2.12. The normalized spacial score (nSPS) is 18.3. The first-order chi connectivity index (χ1) is 19.3. The Hall–Kier alpha value is -3.83. The fourth-order valence-corrected chi connectivity index (χ4v) is 5.97. The smallest absolute Gasteiger partial charge is 0.333 e. The molecule has 2 saturated heterocycles. The van der Waals surface area contributed by atoms with E-state index in [-0.39, 0.29) is 29.1 Å². The molecule has 3 aromatic rings. The molecule has 1 aromatic heterocycles. The van der Waals surface area contributed by atoms with E-state index in [0.717, 1.165) is 60.8 Å². The Labute approximate surface area is 229 Å². The molecule has 0 unspecified atom stereocenters. The summed E-state index contributed by atoms with van der Waals surface area (Å²) in [7, 11) is 0. The summed E-state index contributed by atoms with van der Waals surface area (Å²) < 4.78 is 44.9. The Morgan fingerprint density at radius 1 is 0.925 bits per heavy atom. The highest BCUT2D eigenvalue weighted by atomic mass is 19.1. The fraction of sp³-hybridized carbons (Fsp3) is 0.379. The lowest BCUT2D eigenvalue weighted by atomic mass is 9.93. The lowest BCUT2D eigenvalue weighted by Crippen LogP contribution is -2.47. The maximum Gasteiger partial charge on any atom is 0.333 e. The van der Waals surface area contributed by atoms with Gasteiger partial charge >= 0.3 is 5.69 Å². The molecule has 8 nitrogen and oxygen atoms in total. The molecule has 0 bridgehead atoms. The first-order valence-electron chi connectivity index (χ1n) is 13.6. The van der Waals surface area contributed by atoms with Gasteiger partial charge in [0.1, 0.15) is 17.5 Å². The molecule has 0 atom stereocenters. The van der Waals surface area contributed by atoms with Crippen LogP contribution in [0.15, 0.2) is 65.2 Å². The lowest BCUT2D eigenvalue weighted by molar-refractivity contribution is -0.276. The number of quaternary nitrogens is 1. The molecule has 2 aliphatic rings. The number of carbonyl (C=O) groups excluding carboxylic acids is 1. The summed E-state index contributed by atoms with van der Waals surface area (Å²) in [6.07, 6.45) is 7.77. The van der Waals surface area contributed by atoms with Gasteiger partial charge in [0.05, 0.1) is 22.9 Å². The van der Waals surface area contributed by atoms with Crippen LogP contribution in [0.4, 0.5) is 13.2 Å². The van der Waals surface area contributed by atoms with Crippen molar-refractivity contribution >= 4 is 16.9 Å². The van der Waals surface area contributed by atoms with Crippen molar-refractivity contribution in [2.75, 3.05) is 32.7 Å². The van der Waals surface area contributed by atoms with Crippen molar-refractivity contribution in [2.24, 2.45) is 11.7 Å². The van der Waals surface area contributed by atoms with E-state index in [1.54, 1.807) is 10.8 Å². The van der Waals surface area contributed by atoms with Gasteiger partial charge in [0.15, 0.2) is 0 Å². The van der Waals surface area contributed by atoms with Crippen LogP contribution in [0.2, 0.25) is 0 Å². The van der Waals surface area contributed by atoms with Crippen LogP contribution in [0.5, 0.6) is 0 Å². The fourth-order valence-electron chi connectivity index (χ4n) is 5.97. The average molecular weight is 556 g/mol. The van der Waals surface area contributed by atoms with E-state index in [1.165, 1.54) is 24.4 Å². The number of carbonyl (C=O) groups is 1. The predicted octanol–water partition coefficient (Wildman–Crippen LogP) is 2.68. The maximum atomic E-state index is 14.2. The third kappa shape index (κ3) is 5.57. The molecule has 212 valence electrons. The zero-order valence-corrected chi connectivity index (χ0v) is 22.2. The number of aromatic nitrogens is 2. The highest BCUT2D eigenvalue weighted by molar-refractivity contribution is 5.80. The number of hydrogen-bond acceptors (Lipinski definition) is 4. The molecular weight excluding hydrogens is 521 g/mol. The second kappa shape index (κ2) is 11.7. The number of likely N-dealkylation sites (tertiary alicyclic amines) is 2. The first-order valence-corrected chi connectivity index (χ1v) is 13.6. The Morgan fingerprint density at radius 3 is 2.23 bits per heavy atom. The number of piperidine rings is 2. The summed E-state index contributed by atoms with van der Waals surface area (Å²) in [6.45, 7) is 3.37. The molecule has 1 amide bonds. The van der Waals surface area contributed by atoms with E-state index in [0.29, 0.717) is 31.4 Å². The van der Waals surface area contributed by atoms with Crippen molar-refractivity contribution in [2.45, 2.75) is 31.7 Å². The number of halogens is 3. The van der Waals surface area contributed by atoms with Crippen molar-refractivity contribution in [3.63, 3.8) is 0 Å². The van der Waals surface area contributed by atoms with E-state index >= 15 is 0 Å². The molecule has 40 heavy (non-hydrogen) atoms. The van der Waals surface area contributed by atoms with Crippen LogP contribution in [0.3, 0.4) is 0 Å². The van der Waals surface area contributed by atoms with Crippen molar-refractivity contribution in [3.05, 3.63) is 88.4 Å². The Bertz CT molecular complexity index is 1490. The number of benzene rings is 2. The van der Waals surface area contributed by atoms with Gasteiger partial charge in [0, 0.05) is 49.3 Å². The molecule has 2 aromatic carbocycles. The zero-order valence-electron chi connectivity index (χ0n) is 22.2. The van der Waals surface area contributed by atoms with Gasteiger partial charge in [-0.3, -0.25) is 18.8 Å². The van der Waals surface area contributed by atoms with E-state index in [4.69, 9.17) is 5.73 Å². The molecular formula is C29H34F3N6O2+. The third-order valence-corrected chi connectivity index (χ3v) is 8.00. The summed E-state index contributed by atoms with van der Waals surface area (Å²) in [4.78, 5) is 31.1. The Kier molecular flexibility index (Phi) is 8.13. The van der Waals surface area contributed by atoms with Crippen LogP contribution in [0.1, 0.15) is 31.7 Å². The minimum Gasteiger partial charge on any atom is -0.405 e. The number of imidazole rings is 1. The van der Waals surface area contributed by atoms with Gasteiger partial charge in [-0.2, -0.15) is 0 Å². The standard InChI is InChI=1S/C29H33F3N6O2/c30-21-1-2-26-27(16-21)38(25-14-22(31)13-23(32)15-25)29(40)37(26)24-6-11-36(12-7-24)28(39)20-4-9-35(10-5-20)18-19(17-34)3-8-33/h1-3,8,13-17,20,24H,4-7,9-12,18,33-34H2/p+1. The number of rotatable bonds is 6. The molecule has 5 rings (SSSR count). The minimum atomic E-state index is -0.830. The van der Waals surface area contributed by atoms with Crippen LogP contribution in [-0.2, 0) is 4.79 Å². The minimum absolute atomic E-state index is 0.00679. The Morgan fingerprint density at radius 2 is 1.60 bits per heavy atom. The van der Waals surface area contributed by atoms with Gasteiger partial charge in [0.25, 0.3) is 0 Å². The summed E-state index contributed by atoms with van der Waals surface area (Å²) in [5.41, 5.74) is 10.6. The van der Waals surface area contributed by atoms with Gasteiger partial charge in [-0.15, -0.1) is 0 Å². The number of amides is 1. The topological polar surface area (TPSA) is 104 Å². The third-order valence-electron chi connectivity index (χ3n) is 8.00. The lowest BCUT2D eigenvalue weighted by Gasteiger charge is -2.37. The molecule has 0 radical (unpaired) electrons. The number of fused-ring (bicyclic) bond motifs is 1. The van der Waals surface area contributed by atoms with E-state index < -0.39 is 23.1 Å². The van der Waals surface area contributed by atoms with Crippen LogP contribution in [0.25, 0.3) is 16.7 Å². The monoisotopic (exact) mass is 555 g/mol. The predicted molar refractivity (Wildman–Crippen MR) is 146 cm³/mol. The average Bonchev–Trinajstić information content (AvgIpc) is 3.23. The first kappa shape index (κ1) is 27.7. The summed E-state index contributed by atoms with van der Waals surface area (Å²) in [6, 6.07) is 6.57. The van der Waals surface area contributed by atoms with E-state index in [2.05, 4.69) is 10.6 Å². The van der Waals surface area contributed by atoms with Gasteiger partial charge in [-0.25, -0.2) is 18.0 Å². The summed E-state index contributed by atoms with van der Waals surface area (Å²) >= 11 is 0. The maximum absolute atomic E-state index is 14.2. The second-order valence-corrected chi connectivity index (χ2v) is 10.5. The molecule has 0 spiro atoms. The largest absolute Gasteiger partial charge is 0.405 e. The number of nitrogens with two attached hydrogens (primary N) is 1. The van der Waals surface area contributed by atoms with Crippen LogP contribution in [-0.4, -0.2) is 57.6 Å². The highest BCUT2D eigenvalue weighted by Crippen LogP contribution is 2.30. The van der Waals surface area contributed by atoms with Crippen molar-refractivity contribution in [3.8, 4) is 5.69 Å². The van der Waals surface area contributed by atoms with Gasteiger partial charge in [-0.05, 0) is 75.3 Å². The molecule has 2 aliphatic heterocycles. The summed E-state index contributed by atoms with van der Waals surface area (Å²) in [5, 5.41) is 0. The molecule has 2 fully saturated rings. The second-order valence-electron chi connectivity index (χ2n) is 10.5. The molecule has 11 heteroatoms.